The second-order valence-corrected chi connectivity index (χ2v) is 12.1. The average molecular weight is 533 g/mol. The van der Waals surface area contributed by atoms with Gasteiger partial charge in [-0.2, -0.15) is 0 Å². The summed E-state index contributed by atoms with van der Waals surface area (Å²) in [5.74, 6) is 0.949. The van der Waals surface area contributed by atoms with Crippen molar-refractivity contribution in [2.75, 3.05) is 0 Å². The van der Waals surface area contributed by atoms with Crippen molar-refractivity contribution in [2.45, 2.75) is 120 Å². The number of rotatable bonds is 11. The summed E-state index contributed by atoms with van der Waals surface area (Å²) in [6, 6.07) is 10.9. The molecule has 3 rings (SSSR count). The van der Waals surface area contributed by atoms with E-state index in [1.807, 2.05) is 0 Å². The predicted molar refractivity (Wildman–Crippen MR) is 165 cm³/mol. The highest BCUT2D eigenvalue weighted by atomic mass is 16.1. The first kappa shape index (κ1) is 32.7. The molecule has 0 bridgehead atoms. The second-order valence-electron chi connectivity index (χ2n) is 12.1. The van der Waals surface area contributed by atoms with E-state index in [1.165, 1.54) is 30.0 Å². The van der Waals surface area contributed by atoms with Crippen molar-refractivity contribution in [1.29, 1.82) is 0 Å². The SMILES string of the molecule is CCC.CCCC(CC1CC(=O)c2c(C)c(-c3ccc(C)cc3)cc(C(C)C)c2C1)C(CC)C(=O)CC(C)=O. The van der Waals surface area contributed by atoms with Crippen LogP contribution in [0.1, 0.15) is 132 Å². The Balaban J connectivity index is 0.00000170. The highest BCUT2D eigenvalue weighted by Gasteiger charge is 2.34. The monoisotopic (exact) mass is 532 g/mol. The molecule has 2 aromatic carbocycles. The zero-order valence-electron chi connectivity index (χ0n) is 26.1. The van der Waals surface area contributed by atoms with E-state index >= 15 is 0 Å². The molecule has 0 aliphatic heterocycles. The van der Waals surface area contributed by atoms with E-state index in [-0.39, 0.29) is 41.5 Å². The lowest BCUT2D eigenvalue weighted by Crippen LogP contribution is -2.30. The number of ketones is 3. The quantitative estimate of drug-likeness (QED) is 0.271. The molecule has 0 heterocycles. The van der Waals surface area contributed by atoms with E-state index in [4.69, 9.17) is 0 Å². The molecule has 3 nitrogen and oxygen atoms in total. The van der Waals surface area contributed by atoms with E-state index in [1.54, 1.807) is 0 Å². The maximum Gasteiger partial charge on any atom is 0.163 e. The second kappa shape index (κ2) is 15.3. The number of Topliss-reactive ketones (excluding diaryl/α,β-unsaturated/α-hetero) is 3. The summed E-state index contributed by atoms with van der Waals surface area (Å²) < 4.78 is 0. The van der Waals surface area contributed by atoms with Gasteiger partial charge in [-0.1, -0.05) is 96.7 Å². The third-order valence-electron chi connectivity index (χ3n) is 8.10. The van der Waals surface area contributed by atoms with Crippen molar-refractivity contribution in [2.24, 2.45) is 17.8 Å². The van der Waals surface area contributed by atoms with Crippen LogP contribution in [0.25, 0.3) is 11.1 Å². The van der Waals surface area contributed by atoms with Crippen LogP contribution in [0.2, 0.25) is 0 Å². The highest BCUT2D eigenvalue weighted by Crippen LogP contribution is 2.41. The molecule has 0 amide bonds. The van der Waals surface area contributed by atoms with Crippen LogP contribution in [-0.2, 0) is 16.0 Å². The van der Waals surface area contributed by atoms with E-state index in [9.17, 15) is 14.4 Å². The van der Waals surface area contributed by atoms with Crippen LogP contribution < -0.4 is 0 Å². The summed E-state index contributed by atoms with van der Waals surface area (Å²) in [5.41, 5.74) is 8.07. The van der Waals surface area contributed by atoms with E-state index in [2.05, 4.69) is 85.7 Å². The lowest BCUT2D eigenvalue weighted by Gasteiger charge is -2.33. The molecule has 0 spiro atoms. The van der Waals surface area contributed by atoms with Gasteiger partial charge in [0, 0.05) is 17.9 Å². The van der Waals surface area contributed by atoms with Crippen molar-refractivity contribution in [1.82, 2.24) is 0 Å². The Bertz CT molecular complexity index is 1120. The molecule has 0 radical (unpaired) electrons. The molecular formula is C36H52O3. The topological polar surface area (TPSA) is 51.2 Å². The summed E-state index contributed by atoms with van der Waals surface area (Å²) in [7, 11) is 0. The largest absolute Gasteiger partial charge is 0.300 e. The normalized spacial score (nSPS) is 16.3. The first-order valence-corrected chi connectivity index (χ1v) is 15.3. The summed E-state index contributed by atoms with van der Waals surface area (Å²) >= 11 is 0. The molecular weight excluding hydrogens is 480 g/mol. The Morgan fingerprint density at radius 3 is 2.10 bits per heavy atom. The number of carbonyl (C=O) groups is 3. The Morgan fingerprint density at radius 1 is 0.974 bits per heavy atom. The highest BCUT2D eigenvalue weighted by molar-refractivity contribution is 6.02. The molecule has 3 unspecified atom stereocenters. The van der Waals surface area contributed by atoms with Crippen molar-refractivity contribution < 1.29 is 14.4 Å². The number of benzene rings is 2. The van der Waals surface area contributed by atoms with Gasteiger partial charge in [-0.05, 0) is 85.6 Å². The smallest absolute Gasteiger partial charge is 0.163 e. The van der Waals surface area contributed by atoms with Gasteiger partial charge in [-0.3, -0.25) is 14.4 Å². The third kappa shape index (κ3) is 8.47. The number of hydrogen-bond donors (Lipinski definition) is 0. The maximum atomic E-state index is 13.7. The van der Waals surface area contributed by atoms with Crippen LogP contribution in [0.15, 0.2) is 30.3 Å². The first-order chi connectivity index (χ1) is 18.5. The fourth-order valence-electron chi connectivity index (χ4n) is 6.38. The maximum absolute atomic E-state index is 13.7. The number of aryl methyl sites for hydroxylation is 1. The van der Waals surface area contributed by atoms with Gasteiger partial charge < -0.3 is 0 Å². The molecule has 2 aromatic rings. The zero-order valence-corrected chi connectivity index (χ0v) is 26.1. The summed E-state index contributed by atoms with van der Waals surface area (Å²) in [6.45, 7) is 18.6. The van der Waals surface area contributed by atoms with Crippen LogP contribution in [-0.4, -0.2) is 17.3 Å². The van der Waals surface area contributed by atoms with Gasteiger partial charge in [0.15, 0.2) is 5.78 Å². The average Bonchev–Trinajstić information content (AvgIpc) is 2.85. The number of hydrogen-bond acceptors (Lipinski definition) is 3. The molecule has 1 aliphatic rings. The number of fused-ring (bicyclic) bond motifs is 1. The minimum absolute atomic E-state index is 0.0314. The fourth-order valence-corrected chi connectivity index (χ4v) is 6.38. The molecule has 0 aromatic heterocycles. The Labute approximate surface area is 238 Å². The molecule has 3 heteroatoms. The standard InChI is InChI=1S/C33H44O3.C3H8/c1-8-10-26(27(9-2)31(35)15-22(6)34)16-24-17-30-28(20(3)4)19-29(23(7)33(30)32(36)18-24)25-13-11-21(5)12-14-25;1-3-2/h11-14,19-20,24,26-27H,8-10,15-18H2,1-7H3;3H2,1-2H3. The summed E-state index contributed by atoms with van der Waals surface area (Å²) in [4.78, 5) is 38.2. The Hall–Kier alpha value is -2.55. The van der Waals surface area contributed by atoms with Gasteiger partial charge >= 0.3 is 0 Å². The van der Waals surface area contributed by atoms with E-state index in [0.717, 1.165) is 54.4 Å². The van der Waals surface area contributed by atoms with Crippen LogP contribution >= 0.6 is 0 Å². The fraction of sp³-hybridized carbons (Fsp3) is 0.583. The van der Waals surface area contributed by atoms with Crippen LogP contribution in [0, 0.1) is 31.6 Å². The molecule has 1 aliphatic carbocycles. The van der Waals surface area contributed by atoms with E-state index in [0.29, 0.717) is 12.3 Å². The van der Waals surface area contributed by atoms with Crippen LogP contribution in [0.4, 0.5) is 0 Å². The minimum Gasteiger partial charge on any atom is -0.300 e. The molecule has 39 heavy (non-hydrogen) atoms. The van der Waals surface area contributed by atoms with Gasteiger partial charge in [-0.25, -0.2) is 0 Å². The lowest BCUT2D eigenvalue weighted by molar-refractivity contribution is -0.129. The van der Waals surface area contributed by atoms with Gasteiger partial charge in [0.1, 0.15) is 11.6 Å². The molecule has 0 N–H and O–H groups in total. The molecule has 0 saturated carbocycles. The predicted octanol–water partition coefficient (Wildman–Crippen LogP) is 9.64. The molecule has 0 saturated heterocycles. The Kier molecular flexibility index (Phi) is 12.8. The van der Waals surface area contributed by atoms with Crippen molar-refractivity contribution in [3.63, 3.8) is 0 Å². The van der Waals surface area contributed by atoms with E-state index < -0.39 is 0 Å². The third-order valence-corrected chi connectivity index (χ3v) is 8.10. The summed E-state index contributed by atoms with van der Waals surface area (Å²) in [5, 5.41) is 0. The lowest BCUT2D eigenvalue weighted by atomic mass is 9.70. The number of carbonyl (C=O) groups excluding carboxylic acids is 3. The first-order valence-electron chi connectivity index (χ1n) is 15.3. The Morgan fingerprint density at radius 2 is 1.59 bits per heavy atom. The summed E-state index contributed by atoms with van der Waals surface area (Å²) in [6.07, 6.45) is 6.30. The molecule has 214 valence electrons. The van der Waals surface area contributed by atoms with Gasteiger partial charge in [0.25, 0.3) is 0 Å². The minimum atomic E-state index is -0.0967. The van der Waals surface area contributed by atoms with Crippen molar-refractivity contribution in [3.8, 4) is 11.1 Å². The van der Waals surface area contributed by atoms with Crippen molar-refractivity contribution >= 4 is 17.3 Å². The molecule has 3 atom stereocenters. The van der Waals surface area contributed by atoms with Gasteiger partial charge in [0.2, 0.25) is 0 Å². The molecule has 0 fully saturated rings. The zero-order chi connectivity index (χ0) is 29.3. The van der Waals surface area contributed by atoms with Crippen LogP contribution in [0.5, 0.6) is 0 Å². The van der Waals surface area contributed by atoms with Gasteiger partial charge in [-0.15, -0.1) is 0 Å². The van der Waals surface area contributed by atoms with Gasteiger partial charge in [0.05, 0.1) is 6.42 Å². The van der Waals surface area contributed by atoms with Crippen molar-refractivity contribution in [3.05, 3.63) is 58.1 Å². The van der Waals surface area contributed by atoms with Crippen LogP contribution in [0.3, 0.4) is 0 Å².